The second-order valence-corrected chi connectivity index (χ2v) is 4.89. The monoisotopic (exact) mass is 293 g/mol. The van der Waals surface area contributed by atoms with Crippen molar-refractivity contribution in [2.24, 2.45) is 0 Å². The van der Waals surface area contributed by atoms with E-state index in [0.717, 1.165) is 16.8 Å². The summed E-state index contributed by atoms with van der Waals surface area (Å²) < 4.78 is 11.5. The molecule has 2 heterocycles. The van der Waals surface area contributed by atoms with Crippen molar-refractivity contribution in [1.29, 1.82) is 0 Å². The summed E-state index contributed by atoms with van der Waals surface area (Å²) in [5.41, 5.74) is -1.41. The van der Waals surface area contributed by atoms with Crippen LogP contribution in [0.15, 0.2) is 46.1 Å². The Labute approximate surface area is 112 Å². The van der Waals surface area contributed by atoms with Crippen LogP contribution in [0, 0.1) is 0 Å². The smallest absolute Gasteiger partial charge is 0.418 e. The van der Waals surface area contributed by atoms with Gasteiger partial charge in [-0.05, 0) is 12.1 Å². The molecule has 1 aromatic carbocycles. The van der Waals surface area contributed by atoms with Crippen molar-refractivity contribution in [3.05, 3.63) is 57.4 Å². The highest BCUT2D eigenvalue weighted by atomic mass is 31.2. The number of amides is 1. The number of nitrogens with zero attached hydrogens (tertiary/aromatic N) is 1. The molecule has 1 aliphatic heterocycles. The number of carbonyl (C=O) groups is 1. The molecule has 0 unspecified atom stereocenters. The summed E-state index contributed by atoms with van der Waals surface area (Å²) in [6.45, 7) is 0. The minimum Gasteiger partial charge on any atom is -0.419 e. The molecule has 0 saturated carbocycles. The molecule has 2 aromatic rings. The van der Waals surface area contributed by atoms with Gasteiger partial charge in [-0.2, -0.15) is 0 Å². The topological polar surface area (TPSA) is 102 Å². The standard InChI is InChI=1S/C11H8N3O5P/c15-9-5-6-14(10(16)12-9)11(17)13-20-18-7-3-1-2-4-8(7)19-20/h1-6H,(H,13,17)(H,12,15,16). The lowest BCUT2D eigenvalue weighted by Gasteiger charge is -2.09. The van der Waals surface area contributed by atoms with Crippen LogP contribution in [0.4, 0.5) is 4.79 Å². The van der Waals surface area contributed by atoms with E-state index >= 15 is 0 Å². The summed E-state index contributed by atoms with van der Waals surface area (Å²) in [5, 5.41) is 2.42. The number of hydrogen-bond acceptors (Lipinski definition) is 5. The van der Waals surface area contributed by atoms with Gasteiger partial charge in [0.15, 0.2) is 11.5 Å². The average molecular weight is 293 g/mol. The fourth-order valence-electron chi connectivity index (χ4n) is 1.55. The van der Waals surface area contributed by atoms with Crippen LogP contribution in [-0.4, -0.2) is 15.6 Å². The van der Waals surface area contributed by atoms with E-state index in [9.17, 15) is 14.4 Å². The molecule has 0 atom stereocenters. The highest BCUT2D eigenvalue weighted by Gasteiger charge is 2.28. The molecule has 1 aromatic heterocycles. The van der Waals surface area contributed by atoms with Crippen molar-refractivity contribution >= 4 is 14.6 Å². The first-order chi connectivity index (χ1) is 9.63. The fourth-order valence-corrected chi connectivity index (χ4v) is 2.60. The Morgan fingerprint density at radius 1 is 1.15 bits per heavy atom. The molecule has 3 rings (SSSR count). The largest absolute Gasteiger partial charge is 0.419 e. The normalized spacial score (nSPS) is 13.2. The van der Waals surface area contributed by atoms with Crippen molar-refractivity contribution in [2.75, 3.05) is 0 Å². The molecule has 1 amide bonds. The Balaban J connectivity index is 1.75. The first-order valence-corrected chi connectivity index (χ1v) is 6.69. The predicted octanol–water partition coefficient (Wildman–Crippen LogP) is 0.793. The first kappa shape index (κ1) is 12.4. The summed E-state index contributed by atoms with van der Waals surface area (Å²) >= 11 is 0. The van der Waals surface area contributed by atoms with Gasteiger partial charge in [-0.15, -0.1) is 0 Å². The summed E-state index contributed by atoms with van der Waals surface area (Å²) in [6, 6.07) is 7.28. The quantitative estimate of drug-likeness (QED) is 0.757. The number of fused-ring (bicyclic) bond motifs is 1. The third kappa shape index (κ3) is 2.28. The molecular formula is C11H8N3O5P. The molecule has 9 heteroatoms. The van der Waals surface area contributed by atoms with Crippen LogP contribution >= 0.6 is 8.53 Å². The van der Waals surface area contributed by atoms with E-state index in [4.69, 9.17) is 9.05 Å². The van der Waals surface area contributed by atoms with E-state index in [1.807, 2.05) is 4.98 Å². The first-order valence-electron chi connectivity index (χ1n) is 5.51. The maximum Gasteiger partial charge on any atom is 0.418 e. The second kappa shape index (κ2) is 4.82. The number of nitrogens with one attached hydrogen (secondary N) is 2. The molecule has 0 spiro atoms. The zero-order chi connectivity index (χ0) is 14.1. The zero-order valence-electron chi connectivity index (χ0n) is 9.90. The van der Waals surface area contributed by atoms with Gasteiger partial charge < -0.3 is 9.05 Å². The van der Waals surface area contributed by atoms with Gasteiger partial charge in [0, 0.05) is 12.3 Å². The molecule has 0 saturated heterocycles. The Morgan fingerprint density at radius 3 is 2.40 bits per heavy atom. The maximum absolute atomic E-state index is 11.9. The number of para-hydroxylation sites is 2. The van der Waals surface area contributed by atoms with Crippen molar-refractivity contribution in [3.8, 4) is 11.5 Å². The van der Waals surface area contributed by atoms with Gasteiger partial charge >= 0.3 is 20.2 Å². The number of carbonyl (C=O) groups excluding carboxylic acids is 1. The molecular weight excluding hydrogens is 285 g/mol. The Bertz CT molecular complexity index is 759. The van der Waals surface area contributed by atoms with Crippen LogP contribution in [0.2, 0.25) is 0 Å². The lowest BCUT2D eigenvalue weighted by atomic mass is 10.3. The van der Waals surface area contributed by atoms with Crippen LogP contribution < -0.4 is 25.4 Å². The second-order valence-electron chi connectivity index (χ2n) is 3.78. The van der Waals surface area contributed by atoms with Crippen LogP contribution in [0.1, 0.15) is 0 Å². The van der Waals surface area contributed by atoms with Gasteiger partial charge in [0.1, 0.15) is 0 Å². The third-order valence-electron chi connectivity index (χ3n) is 2.44. The lowest BCUT2D eigenvalue weighted by molar-refractivity contribution is 0.245. The minimum atomic E-state index is -1.71. The van der Waals surface area contributed by atoms with Gasteiger partial charge in [0.2, 0.25) is 0 Å². The highest BCUT2D eigenvalue weighted by Crippen LogP contribution is 2.49. The van der Waals surface area contributed by atoms with Gasteiger partial charge in [0.05, 0.1) is 0 Å². The molecule has 2 N–H and O–H groups in total. The van der Waals surface area contributed by atoms with Crippen LogP contribution in [0.25, 0.3) is 0 Å². The summed E-state index contributed by atoms with van der Waals surface area (Å²) in [7, 11) is -1.71. The van der Waals surface area contributed by atoms with Crippen molar-refractivity contribution in [1.82, 2.24) is 14.6 Å². The van der Waals surface area contributed by atoms with E-state index in [1.165, 1.54) is 0 Å². The third-order valence-corrected chi connectivity index (χ3v) is 3.54. The molecule has 102 valence electrons. The van der Waals surface area contributed by atoms with E-state index < -0.39 is 25.8 Å². The number of H-pyrrole nitrogens is 1. The number of aromatic nitrogens is 2. The molecule has 0 bridgehead atoms. The van der Waals surface area contributed by atoms with Gasteiger partial charge in [-0.3, -0.25) is 9.78 Å². The maximum atomic E-state index is 11.9. The number of hydrogen-bond donors (Lipinski definition) is 2. The van der Waals surface area contributed by atoms with Crippen LogP contribution in [0.5, 0.6) is 11.5 Å². The molecule has 0 fully saturated rings. The molecule has 1 aliphatic rings. The number of aromatic amines is 1. The molecule has 8 nitrogen and oxygen atoms in total. The summed E-state index contributed by atoms with van der Waals surface area (Å²) in [4.78, 5) is 36.2. The number of rotatable bonds is 1. The minimum absolute atomic E-state index is 0.521. The summed E-state index contributed by atoms with van der Waals surface area (Å²) in [5.74, 6) is 1.04. The van der Waals surface area contributed by atoms with Crippen molar-refractivity contribution < 1.29 is 13.8 Å². The predicted molar refractivity (Wildman–Crippen MR) is 69.9 cm³/mol. The zero-order valence-corrected chi connectivity index (χ0v) is 10.8. The highest BCUT2D eigenvalue weighted by molar-refractivity contribution is 7.47. The van der Waals surface area contributed by atoms with Gasteiger partial charge in [0.25, 0.3) is 5.56 Å². The Hall–Kier alpha value is -2.60. The van der Waals surface area contributed by atoms with Gasteiger partial charge in [-0.25, -0.2) is 19.2 Å². The van der Waals surface area contributed by atoms with Crippen molar-refractivity contribution in [3.63, 3.8) is 0 Å². The summed E-state index contributed by atoms with van der Waals surface area (Å²) in [6.07, 6.45) is 1.08. The van der Waals surface area contributed by atoms with E-state index in [0.29, 0.717) is 11.5 Å². The Morgan fingerprint density at radius 2 is 1.80 bits per heavy atom. The van der Waals surface area contributed by atoms with E-state index in [2.05, 4.69) is 5.09 Å². The SMILES string of the molecule is O=C(NP1Oc2ccccc2O1)n1ccc(=O)[nH]c1=O. The van der Waals surface area contributed by atoms with Crippen LogP contribution in [-0.2, 0) is 0 Å². The lowest BCUT2D eigenvalue weighted by Crippen LogP contribution is -2.38. The molecule has 20 heavy (non-hydrogen) atoms. The number of benzene rings is 1. The Kier molecular flexibility index (Phi) is 3.00. The molecule has 0 radical (unpaired) electrons. The fraction of sp³-hybridized carbons (Fsp3) is 0. The van der Waals surface area contributed by atoms with Crippen molar-refractivity contribution in [2.45, 2.75) is 0 Å². The van der Waals surface area contributed by atoms with Gasteiger partial charge in [-0.1, -0.05) is 12.1 Å². The molecule has 0 aliphatic carbocycles. The average Bonchev–Trinajstić information content (AvgIpc) is 2.80. The van der Waals surface area contributed by atoms with E-state index in [1.54, 1.807) is 24.3 Å². The van der Waals surface area contributed by atoms with Crippen LogP contribution in [0.3, 0.4) is 0 Å². The van der Waals surface area contributed by atoms with E-state index in [-0.39, 0.29) is 0 Å².